The summed E-state index contributed by atoms with van der Waals surface area (Å²) in [6.45, 7) is 1.36. The van der Waals surface area contributed by atoms with E-state index in [-0.39, 0.29) is 6.10 Å². The Morgan fingerprint density at radius 2 is 1.95 bits per heavy atom. The first kappa shape index (κ1) is 14.7. The van der Waals surface area contributed by atoms with Gasteiger partial charge >= 0.3 is 0 Å². The second kappa shape index (κ2) is 6.69. The highest BCUT2D eigenvalue weighted by Crippen LogP contribution is 2.25. The van der Waals surface area contributed by atoms with Crippen LogP contribution in [0.5, 0.6) is 5.75 Å². The minimum absolute atomic E-state index is 0.0574. The molecule has 0 saturated carbocycles. The van der Waals surface area contributed by atoms with E-state index >= 15 is 0 Å². The van der Waals surface area contributed by atoms with E-state index in [4.69, 9.17) is 21.1 Å². The summed E-state index contributed by atoms with van der Waals surface area (Å²) in [6.07, 6.45) is 4.60. The third-order valence-corrected chi connectivity index (χ3v) is 3.55. The van der Waals surface area contributed by atoms with Crippen LogP contribution in [0.4, 0.5) is 0 Å². The first-order valence-corrected chi connectivity index (χ1v) is 7.26. The van der Waals surface area contributed by atoms with Crippen LogP contribution in [0, 0.1) is 11.3 Å². The molecule has 0 aliphatic carbocycles. The van der Waals surface area contributed by atoms with Gasteiger partial charge in [0.25, 0.3) is 0 Å². The zero-order valence-electron chi connectivity index (χ0n) is 11.7. The maximum Gasteiger partial charge on any atom is 0.155 e. The third-order valence-electron chi connectivity index (χ3n) is 3.35. The van der Waals surface area contributed by atoms with Gasteiger partial charge in [0, 0.05) is 18.9 Å². The van der Waals surface area contributed by atoms with Gasteiger partial charge in [0.2, 0.25) is 0 Å². The molecule has 1 aliphatic rings. The van der Waals surface area contributed by atoms with Crippen LogP contribution < -0.4 is 4.74 Å². The van der Waals surface area contributed by atoms with Gasteiger partial charge in [-0.1, -0.05) is 11.6 Å². The summed E-state index contributed by atoms with van der Waals surface area (Å²) in [7, 11) is 0. The fraction of sp³-hybridized carbons (Fsp3) is 0.333. The zero-order valence-corrected chi connectivity index (χ0v) is 12.5. The average molecular weight is 317 g/mol. The Balaban J connectivity index is 1.86. The quantitative estimate of drug-likeness (QED) is 0.810. The number of aromatic nitrogens is 3. The summed E-state index contributed by atoms with van der Waals surface area (Å²) in [4.78, 5) is 12.2. The predicted molar refractivity (Wildman–Crippen MR) is 79.5 cm³/mol. The van der Waals surface area contributed by atoms with Crippen molar-refractivity contribution in [2.24, 2.45) is 0 Å². The fourth-order valence-corrected chi connectivity index (χ4v) is 2.36. The normalized spacial score (nSPS) is 15.3. The van der Waals surface area contributed by atoms with Gasteiger partial charge in [0.05, 0.1) is 36.4 Å². The van der Waals surface area contributed by atoms with Crippen molar-refractivity contribution >= 4 is 11.6 Å². The van der Waals surface area contributed by atoms with Crippen molar-refractivity contribution in [1.29, 1.82) is 5.26 Å². The van der Waals surface area contributed by atoms with E-state index in [1.54, 1.807) is 18.3 Å². The molecular formula is C15H13ClN4O2. The highest BCUT2D eigenvalue weighted by molar-refractivity contribution is 6.29. The van der Waals surface area contributed by atoms with Crippen molar-refractivity contribution in [3.05, 3.63) is 35.4 Å². The SMILES string of the molecule is N#Cc1cc(-c2cc(Cl)ncn2)ncc1OC1CCOCC1. The number of ether oxygens (including phenoxy) is 2. The average Bonchev–Trinajstić information content (AvgIpc) is 2.56. The Hall–Kier alpha value is -2.23. The van der Waals surface area contributed by atoms with Crippen LogP contribution in [-0.4, -0.2) is 34.3 Å². The molecule has 0 N–H and O–H groups in total. The van der Waals surface area contributed by atoms with E-state index in [1.807, 2.05) is 0 Å². The Morgan fingerprint density at radius 1 is 1.18 bits per heavy atom. The molecular weight excluding hydrogens is 304 g/mol. The summed E-state index contributed by atoms with van der Waals surface area (Å²) >= 11 is 5.85. The van der Waals surface area contributed by atoms with Gasteiger partial charge in [-0.3, -0.25) is 4.98 Å². The lowest BCUT2D eigenvalue weighted by Crippen LogP contribution is -2.26. The predicted octanol–water partition coefficient (Wildman–Crippen LogP) is 2.62. The van der Waals surface area contributed by atoms with Crippen LogP contribution in [-0.2, 0) is 4.74 Å². The molecule has 1 saturated heterocycles. The molecule has 0 aromatic carbocycles. The van der Waals surface area contributed by atoms with E-state index < -0.39 is 0 Å². The van der Waals surface area contributed by atoms with Crippen LogP contribution in [0.25, 0.3) is 11.4 Å². The monoisotopic (exact) mass is 316 g/mol. The molecule has 0 amide bonds. The van der Waals surface area contributed by atoms with E-state index in [1.165, 1.54) is 6.33 Å². The fourth-order valence-electron chi connectivity index (χ4n) is 2.21. The standard InChI is InChI=1S/C15H13ClN4O2/c16-15-6-13(19-9-20-15)12-5-10(7-17)14(8-18-12)22-11-1-3-21-4-2-11/h5-6,8-9,11H,1-4H2. The molecule has 3 rings (SSSR count). The minimum atomic E-state index is 0.0574. The molecule has 0 spiro atoms. The summed E-state index contributed by atoms with van der Waals surface area (Å²) in [5, 5.41) is 9.66. The van der Waals surface area contributed by atoms with E-state index in [9.17, 15) is 5.26 Å². The van der Waals surface area contributed by atoms with Gasteiger partial charge in [-0.05, 0) is 6.07 Å². The maximum absolute atomic E-state index is 9.33. The Kier molecular flexibility index (Phi) is 4.47. The molecule has 0 radical (unpaired) electrons. The highest BCUT2D eigenvalue weighted by Gasteiger charge is 2.18. The second-order valence-electron chi connectivity index (χ2n) is 4.83. The van der Waals surface area contributed by atoms with Gasteiger partial charge < -0.3 is 9.47 Å². The number of pyridine rings is 1. The molecule has 0 atom stereocenters. The Morgan fingerprint density at radius 3 is 2.68 bits per heavy atom. The topological polar surface area (TPSA) is 80.9 Å². The van der Waals surface area contributed by atoms with Gasteiger partial charge in [-0.15, -0.1) is 0 Å². The van der Waals surface area contributed by atoms with Crippen molar-refractivity contribution in [2.75, 3.05) is 13.2 Å². The van der Waals surface area contributed by atoms with Crippen LogP contribution in [0.15, 0.2) is 24.7 Å². The lowest BCUT2D eigenvalue weighted by molar-refractivity contribution is 0.0253. The molecule has 0 bridgehead atoms. The van der Waals surface area contributed by atoms with Crippen LogP contribution in [0.2, 0.25) is 5.15 Å². The number of nitrogens with zero attached hydrogens (tertiary/aromatic N) is 4. The number of rotatable bonds is 3. The number of hydrogen-bond donors (Lipinski definition) is 0. The summed E-state index contributed by atoms with van der Waals surface area (Å²) in [5.41, 5.74) is 1.54. The van der Waals surface area contributed by atoms with Crippen LogP contribution in [0.3, 0.4) is 0 Å². The molecule has 3 heterocycles. The lowest BCUT2D eigenvalue weighted by atomic mass is 10.1. The van der Waals surface area contributed by atoms with Crippen molar-refractivity contribution in [3.63, 3.8) is 0 Å². The van der Waals surface area contributed by atoms with Crippen molar-refractivity contribution < 1.29 is 9.47 Å². The molecule has 1 fully saturated rings. The largest absolute Gasteiger partial charge is 0.487 e. The molecule has 0 unspecified atom stereocenters. The molecule has 7 heteroatoms. The summed E-state index contributed by atoms with van der Waals surface area (Å²) < 4.78 is 11.2. The van der Waals surface area contributed by atoms with Gasteiger partial charge in [0.1, 0.15) is 23.7 Å². The number of halogens is 1. The van der Waals surface area contributed by atoms with Gasteiger partial charge in [-0.2, -0.15) is 5.26 Å². The van der Waals surface area contributed by atoms with Crippen LogP contribution in [0.1, 0.15) is 18.4 Å². The molecule has 1 aliphatic heterocycles. The number of hydrogen-bond acceptors (Lipinski definition) is 6. The molecule has 112 valence electrons. The van der Waals surface area contributed by atoms with E-state index in [0.29, 0.717) is 41.1 Å². The number of nitriles is 1. The highest BCUT2D eigenvalue weighted by atomic mass is 35.5. The minimum Gasteiger partial charge on any atom is -0.487 e. The van der Waals surface area contributed by atoms with Crippen molar-refractivity contribution in [3.8, 4) is 23.2 Å². The Labute approximate surface area is 132 Å². The smallest absolute Gasteiger partial charge is 0.155 e. The summed E-state index contributed by atoms with van der Waals surface area (Å²) in [6, 6.07) is 5.38. The molecule has 2 aromatic heterocycles. The Bertz CT molecular complexity index is 711. The van der Waals surface area contributed by atoms with Crippen LogP contribution >= 0.6 is 11.6 Å². The first-order valence-electron chi connectivity index (χ1n) is 6.89. The van der Waals surface area contributed by atoms with Crippen molar-refractivity contribution in [2.45, 2.75) is 18.9 Å². The lowest BCUT2D eigenvalue weighted by Gasteiger charge is -2.23. The van der Waals surface area contributed by atoms with Gasteiger partial charge in [-0.25, -0.2) is 9.97 Å². The second-order valence-corrected chi connectivity index (χ2v) is 5.22. The van der Waals surface area contributed by atoms with E-state index in [2.05, 4.69) is 21.0 Å². The van der Waals surface area contributed by atoms with E-state index in [0.717, 1.165) is 12.8 Å². The summed E-state index contributed by atoms with van der Waals surface area (Å²) in [5.74, 6) is 0.485. The molecule has 2 aromatic rings. The third kappa shape index (κ3) is 3.32. The van der Waals surface area contributed by atoms with Crippen molar-refractivity contribution in [1.82, 2.24) is 15.0 Å². The van der Waals surface area contributed by atoms with Gasteiger partial charge in [0.15, 0.2) is 5.75 Å². The molecule has 6 nitrogen and oxygen atoms in total. The first-order chi connectivity index (χ1) is 10.8. The zero-order chi connectivity index (χ0) is 15.4. The maximum atomic E-state index is 9.33. The molecule has 22 heavy (non-hydrogen) atoms.